The molecule has 1 aromatic rings. The predicted molar refractivity (Wildman–Crippen MR) is 102 cm³/mol. The number of ether oxygens (including phenoxy) is 2. The van der Waals surface area contributed by atoms with Crippen LogP contribution in [0.15, 0.2) is 18.2 Å². The fraction of sp³-hybridized carbons (Fsp3) is 0.667. The Kier molecular flexibility index (Phi) is 5.96. The first-order valence-corrected chi connectivity index (χ1v) is 9.80. The molecule has 6 nitrogen and oxygen atoms in total. The smallest absolute Gasteiger partial charge is 0.248 e. The summed E-state index contributed by atoms with van der Waals surface area (Å²) in [4.78, 5) is 13.7. The maximum absolute atomic E-state index is 12.0. The van der Waals surface area contributed by atoms with Crippen LogP contribution in [-0.2, 0) is 4.79 Å². The molecule has 1 aliphatic heterocycles. The molecule has 1 amide bonds. The van der Waals surface area contributed by atoms with Crippen LogP contribution in [0.25, 0.3) is 0 Å². The third-order valence-electron chi connectivity index (χ3n) is 6.36. The number of hydrogen-bond donors (Lipinski definition) is 2. The second kappa shape index (κ2) is 8.07. The summed E-state index contributed by atoms with van der Waals surface area (Å²) in [5.74, 6) is 1.07. The minimum absolute atomic E-state index is 0.0511. The number of likely N-dealkylation sites (tertiary alicyclic amines) is 1. The van der Waals surface area contributed by atoms with Crippen LogP contribution in [0.5, 0.6) is 11.5 Å². The number of aliphatic hydroxyl groups is 2. The Morgan fingerprint density at radius 1 is 1.33 bits per heavy atom. The average Bonchev–Trinajstić information content (AvgIpc) is 3.29. The topological polar surface area (TPSA) is 79.2 Å². The van der Waals surface area contributed by atoms with Crippen molar-refractivity contribution in [1.29, 1.82) is 0 Å². The van der Waals surface area contributed by atoms with E-state index in [1.807, 2.05) is 25.1 Å². The summed E-state index contributed by atoms with van der Waals surface area (Å²) in [5, 5.41) is 19.7. The van der Waals surface area contributed by atoms with Gasteiger partial charge in [0.2, 0.25) is 5.91 Å². The quantitative estimate of drug-likeness (QED) is 0.795. The van der Waals surface area contributed by atoms with Gasteiger partial charge in [-0.15, -0.1) is 0 Å². The monoisotopic (exact) mass is 377 g/mol. The van der Waals surface area contributed by atoms with Crippen LogP contribution >= 0.6 is 0 Å². The highest BCUT2D eigenvalue weighted by Gasteiger charge is 2.48. The fourth-order valence-corrected chi connectivity index (χ4v) is 4.40. The molecule has 150 valence electrons. The number of carbonyl (C=O) groups is 1. The summed E-state index contributed by atoms with van der Waals surface area (Å²) in [7, 11) is 1.63. The Morgan fingerprint density at radius 3 is 2.63 bits per heavy atom. The highest BCUT2D eigenvalue weighted by atomic mass is 16.5. The zero-order chi connectivity index (χ0) is 19.6. The molecule has 0 radical (unpaired) electrons. The summed E-state index contributed by atoms with van der Waals surface area (Å²) >= 11 is 0. The van der Waals surface area contributed by atoms with Crippen molar-refractivity contribution in [2.75, 3.05) is 26.8 Å². The molecule has 3 rings (SSSR count). The fourth-order valence-electron chi connectivity index (χ4n) is 4.40. The molecule has 1 aliphatic carbocycles. The van der Waals surface area contributed by atoms with E-state index in [2.05, 4.69) is 0 Å². The largest absolute Gasteiger partial charge is 0.493 e. The van der Waals surface area contributed by atoms with Gasteiger partial charge in [0.1, 0.15) is 6.61 Å². The van der Waals surface area contributed by atoms with Crippen molar-refractivity contribution in [2.24, 2.45) is 5.41 Å². The molecule has 2 fully saturated rings. The molecule has 1 heterocycles. The molecule has 2 N–H and O–H groups in total. The van der Waals surface area contributed by atoms with E-state index in [9.17, 15) is 15.0 Å². The van der Waals surface area contributed by atoms with E-state index in [1.165, 1.54) is 12.8 Å². The van der Waals surface area contributed by atoms with Gasteiger partial charge < -0.3 is 24.6 Å². The summed E-state index contributed by atoms with van der Waals surface area (Å²) in [5.41, 5.74) is 0.518. The first kappa shape index (κ1) is 20.0. The predicted octanol–water partition coefficient (Wildman–Crippen LogP) is 2.32. The van der Waals surface area contributed by atoms with Gasteiger partial charge in [0.25, 0.3) is 0 Å². The molecule has 0 bridgehead atoms. The van der Waals surface area contributed by atoms with E-state index >= 15 is 0 Å². The molecule has 27 heavy (non-hydrogen) atoms. The maximum atomic E-state index is 12.0. The summed E-state index contributed by atoms with van der Waals surface area (Å²) in [6, 6.07) is 5.88. The van der Waals surface area contributed by atoms with Crippen molar-refractivity contribution in [3.63, 3.8) is 0 Å². The van der Waals surface area contributed by atoms with Gasteiger partial charge in [-0.1, -0.05) is 13.0 Å². The first-order chi connectivity index (χ1) is 12.9. The number of rotatable bonds is 6. The van der Waals surface area contributed by atoms with Crippen LogP contribution in [0.4, 0.5) is 0 Å². The Hall–Kier alpha value is -1.79. The van der Waals surface area contributed by atoms with Crippen molar-refractivity contribution in [3.05, 3.63) is 23.8 Å². The molecular weight excluding hydrogens is 346 g/mol. The van der Waals surface area contributed by atoms with Crippen LogP contribution in [0, 0.1) is 5.41 Å². The Balaban J connectivity index is 1.91. The zero-order valence-corrected chi connectivity index (χ0v) is 16.5. The van der Waals surface area contributed by atoms with Crippen LogP contribution in [0.3, 0.4) is 0 Å². The van der Waals surface area contributed by atoms with E-state index in [1.54, 1.807) is 18.9 Å². The highest BCUT2D eigenvalue weighted by Crippen LogP contribution is 2.47. The number of carbonyl (C=O) groups excluding carboxylic acids is 1. The molecule has 3 unspecified atom stereocenters. The molecule has 0 spiro atoms. The lowest BCUT2D eigenvalue weighted by Crippen LogP contribution is -2.38. The van der Waals surface area contributed by atoms with Gasteiger partial charge in [-0.25, -0.2) is 0 Å². The molecule has 1 saturated heterocycles. The molecule has 1 saturated carbocycles. The third kappa shape index (κ3) is 3.92. The second-order valence-corrected chi connectivity index (χ2v) is 8.10. The number of hydrogen-bond acceptors (Lipinski definition) is 5. The number of aliphatic hydroxyl groups excluding tert-OH is 2. The van der Waals surface area contributed by atoms with E-state index in [0.717, 1.165) is 24.2 Å². The SMILES string of the molecule is COc1ccc(C2CN(C(=O)CO)CC2(C)C(C)O)cc1OC1CCCC1. The Labute approximate surface area is 161 Å². The van der Waals surface area contributed by atoms with E-state index in [4.69, 9.17) is 9.47 Å². The van der Waals surface area contributed by atoms with Crippen LogP contribution in [-0.4, -0.2) is 60.0 Å². The molecule has 2 aliphatic rings. The third-order valence-corrected chi connectivity index (χ3v) is 6.36. The van der Waals surface area contributed by atoms with Gasteiger partial charge in [-0.2, -0.15) is 0 Å². The van der Waals surface area contributed by atoms with Crippen molar-refractivity contribution in [3.8, 4) is 11.5 Å². The minimum atomic E-state index is -0.597. The normalized spacial score (nSPS) is 27.0. The molecular formula is C21H31NO5. The Morgan fingerprint density at radius 2 is 2.04 bits per heavy atom. The summed E-state index contributed by atoms with van der Waals surface area (Å²) in [6.45, 7) is 4.13. The molecule has 0 aromatic heterocycles. The van der Waals surface area contributed by atoms with E-state index in [-0.39, 0.29) is 17.9 Å². The standard InChI is InChI=1S/C21H31NO5/c1-14(24)21(2)13-22(20(25)12-23)11-17(21)15-8-9-18(26-3)19(10-15)27-16-6-4-5-7-16/h8-10,14,16-17,23-24H,4-7,11-13H2,1-3H3. The molecule has 1 aromatic carbocycles. The second-order valence-electron chi connectivity index (χ2n) is 8.10. The lowest BCUT2D eigenvalue weighted by molar-refractivity contribution is -0.133. The number of nitrogens with zero attached hydrogens (tertiary/aromatic N) is 1. The van der Waals surface area contributed by atoms with Crippen LogP contribution in [0.2, 0.25) is 0 Å². The molecule has 3 atom stereocenters. The minimum Gasteiger partial charge on any atom is -0.493 e. The van der Waals surface area contributed by atoms with Gasteiger partial charge in [-0.3, -0.25) is 4.79 Å². The van der Waals surface area contributed by atoms with Crippen LogP contribution < -0.4 is 9.47 Å². The number of amides is 1. The zero-order valence-electron chi connectivity index (χ0n) is 16.5. The average molecular weight is 377 g/mol. The van der Waals surface area contributed by atoms with Crippen molar-refractivity contribution in [2.45, 2.75) is 57.7 Å². The maximum Gasteiger partial charge on any atom is 0.248 e. The lowest BCUT2D eigenvalue weighted by Gasteiger charge is -2.34. The van der Waals surface area contributed by atoms with E-state index in [0.29, 0.717) is 18.8 Å². The number of methoxy groups -OCH3 is 1. The number of benzene rings is 1. The van der Waals surface area contributed by atoms with Gasteiger partial charge in [0.05, 0.1) is 19.3 Å². The van der Waals surface area contributed by atoms with Crippen molar-refractivity contribution < 1.29 is 24.5 Å². The summed E-state index contributed by atoms with van der Waals surface area (Å²) in [6.07, 6.45) is 4.11. The highest BCUT2D eigenvalue weighted by molar-refractivity contribution is 5.77. The van der Waals surface area contributed by atoms with Gasteiger partial charge in [0.15, 0.2) is 11.5 Å². The lowest BCUT2D eigenvalue weighted by atomic mass is 9.72. The van der Waals surface area contributed by atoms with Gasteiger partial charge >= 0.3 is 0 Å². The van der Waals surface area contributed by atoms with Crippen molar-refractivity contribution >= 4 is 5.91 Å². The van der Waals surface area contributed by atoms with Gasteiger partial charge in [-0.05, 0) is 50.3 Å². The molecule has 6 heteroatoms. The Bertz CT molecular complexity index is 671. The van der Waals surface area contributed by atoms with Gasteiger partial charge in [0, 0.05) is 24.4 Å². The van der Waals surface area contributed by atoms with Crippen molar-refractivity contribution in [1.82, 2.24) is 4.90 Å². The summed E-state index contributed by atoms with van der Waals surface area (Å²) < 4.78 is 11.7. The first-order valence-electron chi connectivity index (χ1n) is 9.80. The van der Waals surface area contributed by atoms with E-state index < -0.39 is 18.1 Å². The van der Waals surface area contributed by atoms with Crippen LogP contribution in [0.1, 0.15) is 51.0 Å².